The molecule has 8 heteroatoms. The Morgan fingerprint density at radius 2 is 1.64 bits per heavy atom. The quantitative estimate of drug-likeness (QED) is 0.475. The molecule has 2 aromatic carbocycles. The van der Waals surface area contributed by atoms with Crippen molar-refractivity contribution in [1.82, 2.24) is 19.8 Å². The van der Waals surface area contributed by atoms with Crippen molar-refractivity contribution in [2.24, 2.45) is 0 Å². The predicted molar refractivity (Wildman–Crippen MR) is 108 cm³/mol. The first-order valence-corrected chi connectivity index (χ1v) is 9.60. The minimum Gasteiger partial charge on any atom is -0.497 e. The maximum Gasteiger partial charge on any atom is 0.234 e. The van der Waals surface area contributed by atoms with Crippen LogP contribution in [0.2, 0.25) is 0 Å². The van der Waals surface area contributed by atoms with Gasteiger partial charge in [-0.25, -0.2) is 0 Å². The van der Waals surface area contributed by atoms with Gasteiger partial charge in [-0.1, -0.05) is 17.4 Å². The highest BCUT2D eigenvalue weighted by Crippen LogP contribution is 2.29. The summed E-state index contributed by atoms with van der Waals surface area (Å²) in [6.07, 6.45) is 1.53. The number of benzene rings is 2. The molecule has 144 valence electrons. The summed E-state index contributed by atoms with van der Waals surface area (Å²) in [5.74, 6) is 3.10. The average molecular weight is 396 g/mol. The van der Waals surface area contributed by atoms with Crippen molar-refractivity contribution in [2.45, 2.75) is 12.8 Å². The summed E-state index contributed by atoms with van der Waals surface area (Å²) in [5, 5.41) is 14.2. The molecule has 2 heterocycles. The highest BCUT2D eigenvalue weighted by atomic mass is 32.1. The van der Waals surface area contributed by atoms with E-state index in [1.807, 2.05) is 47.0 Å². The minimum atomic E-state index is 0.722. The SMILES string of the molecule is COc1ccc(-c2nn3c(CCc4ccc(OC)c(OC)c4)nnc3s2)cc1. The summed E-state index contributed by atoms with van der Waals surface area (Å²) in [6.45, 7) is 0. The molecule has 0 aliphatic carbocycles. The van der Waals surface area contributed by atoms with E-state index in [2.05, 4.69) is 10.2 Å². The number of aryl methyl sites for hydroxylation is 2. The maximum atomic E-state index is 5.38. The highest BCUT2D eigenvalue weighted by Gasteiger charge is 2.14. The molecule has 0 N–H and O–H groups in total. The van der Waals surface area contributed by atoms with Crippen LogP contribution in [0.4, 0.5) is 0 Å². The number of fused-ring (bicyclic) bond motifs is 1. The zero-order chi connectivity index (χ0) is 19.5. The lowest BCUT2D eigenvalue weighted by Crippen LogP contribution is -2.00. The van der Waals surface area contributed by atoms with Crippen molar-refractivity contribution < 1.29 is 14.2 Å². The van der Waals surface area contributed by atoms with Crippen LogP contribution in [0.3, 0.4) is 0 Å². The monoisotopic (exact) mass is 396 g/mol. The summed E-state index contributed by atoms with van der Waals surface area (Å²) >= 11 is 1.52. The molecule has 7 nitrogen and oxygen atoms in total. The van der Waals surface area contributed by atoms with Gasteiger partial charge in [0.2, 0.25) is 4.96 Å². The van der Waals surface area contributed by atoms with E-state index in [-0.39, 0.29) is 0 Å². The molecule has 0 fully saturated rings. The second-order valence-electron chi connectivity index (χ2n) is 6.14. The molecule has 0 aliphatic rings. The van der Waals surface area contributed by atoms with Crippen molar-refractivity contribution in [2.75, 3.05) is 21.3 Å². The average Bonchev–Trinajstić information content (AvgIpc) is 3.33. The van der Waals surface area contributed by atoms with Gasteiger partial charge in [-0.05, 0) is 48.4 Å². The van der Waals surface area contributed by atoms with Gasteiger partial charge in [-0.3, -0.25) is 0 Å². The van der Waals surface area contributed by atoms with E-state index in [1.54, 1.807) is 21.3 Å². The summed E-state index contributed by atoms with van der Waals surface area (Å²) in [7, 11) is 4.93. The zero-order valence-electron chi connectivity index (χ0n) is 15.9. The van der Waals surface area contributed by atoms with Crippen LogP contribution in [0.1, 0.15) is 11.4 Å². The normalized spacial score (nSPS) is 11.0. The predicted octanol–water partition coefficient (Wildman–Crippen LogP) is 3.66. The molecule has 0 unspecified atom stereocenters. The van der Waals surface area contributed by atoms with Gasteiger partial charge in [-0.2, -0.15) is 9.61 Å². The number of ether oxygens (including phenoxy) is 3. The van der Waals surface area contributed by atoms with Gasteiger partial charge < -0.3 is 14.2 Å². The lowest BCUT2D eigenvalue weighted by Gasteiger charge is -2.09. The second-order valence-corrected chi connectivity index (χ2v) is 7.09. The fraction of sp³-hybridized carbons (Fsp3) is 0.250. The number of methoxy groups -OCH3 is 3. The fourth-order valence-corrected chi connectivity index (χ4v) is 3.82. The second kappa shape index (κ2) is 7.85. The van der Waals surface area contributed by atoms with Crippen molar-refractivity contribution >= 4 is 16.3 Å². The number of rotatable bonds is 7. The zero-order valence-corrected chi connectivity index (χ0v) is 16.7. The Labute approximate surface area is 166 Å². The summed E-state index contributed by atoms with van der Waals surface area (Å²) in [4.78, 5) is 0.785. The standard InChI is InChI=1S/C20H20N4O3S/c1-25-15-8-6-14(7-9-15)19-23-24-18(21-22-20(24)28-19)11-5-13-4-10-16(26-2)17(12-13)27-3/h4,6-10,12H,5,11H2,1-3H3. The molecule has 0 spiro atoms. The summed E-state index contributed by atoms with van der Waals surface area (Å²) < 4.78 is 17.7. The summed E-state index contributed by atoms with van der Waals surface area (Å²) in [5.41, 5.74) is 2.17. The molecular formula is C20H20N4O3S. The van der Waals surface area contributed by atoms with E-state index in [9.17, 15) is 0 Å². The molecule has 0 saturated carbocycles. The number of hydrogen-bond donors (Lipinski definition) is 0. The third-order valence-electron chi connectivity index (χ3n) is 4.48. The van der Waals surface area contributed by atoms with Crippen molar-refractivity contribution in [3.8, 4) is 27.8 Å². The Morgan fingerprint density at radius 3 is 2.36 bits per heavy atom. The lowest BCUT2D eigenvalue weighted by molar-refractivity contribution is 0.354. The van der Waals surface area contributed by atoms with Gasteiger partial charge >= 0.3 is 0 Å². The highest BCUT2D eigenvalue weighted by molar-refractivity contribution is 7.19. The van der Waals surface area contributed by atoms with E-state index >= 15 is 0 Å². The molecular weight excluding hydrogens is 376 g/mol. The van der Waals surface area contributed by atoms with Gasteiger partial charge in [0.25, 0.3) is 0 Å². The fourth-order valence-electron chi connectivity index (χ4n) is 2.96. The van der Waals surface area contributed by atoms with Crippen molar-refractivity contribution in [3.05, 3.63) is 53.9 Å². The summed E-state index contributed by atoms with van der Waals surface area (Å²) in [6, 6.07) is 13.8. The topological polar surface area (TPSA) is 70.8 Å². The first-order chi connectivity index (χ1) is 13.7. The molecule has 28 heavy (non-hydrogen) atoms. The van der Waals surface area contributed by atoms with Gasteiger partial charge in [-0.15, -0.1) is 10.2 Å². The Morgan fingerprint density at radius 1 is 0.857 bits per heavy atom. The molecule has 0 aliphatic heterocycles. The van der Waals surface area contributed by atoms with E-state index in [0.29, 0.717) is 0 Å². The Kier molecular flexibility index (Phi) is 5.12. The van der Waals surface area contributed by atoms with E-state index in [0.717, 1.165) is 57.0 Å². The molecule has 0 saturated heterocycles. The Bertz CT molecular complexity index is 1090. The van der Waals surface area contributed by atoms with E-state index in [1.165, 1.54) is 11.3 Å². The van der Waals surface area contributed by atoms with E-state index in [4.69, 9.17) is 19.3 Å². The van der Waals surface area contributed by atoms with Crippen LogP contribution in [0, 0.1) is 0 Å². The van der Waals surface area contributed by atoms with Crippen LogP contribution >= 0.6 is 11.3 Å². The maximum absolute atomic E-state index is 5.38. The number of nitrogens with zero attached hydrogens (tertiary/aromatic N) is 4. The van der Waals surface area contributed by atoms with Gasteiger partial charge in [0.05, 0.1) is 21.3 Å². The Balaban J connectivity index is 1.54. The first kappa shape index (κ1) is 18.2. The van der Waals surface area contributed by atoms with Crippen LogP contribution in [0.25, 0.3) is 15.5 Å². The number of aromatic nitrogens is 4. The molecule has 4 rings (SSSR count). The van der Waals surface area contributed by atoms with Gasteiger partial charge in [0, 0.05) is 12.0 Å². The number of hydrogen-bond acceptors (Lipinski definition) is 7. The van der Waals surface area contributed by atoms with Crippen LogP contribution in [-0.2, 0) is 12.8 Å². The smallest absolute Gasteiger partial charge is 0.234 e. The molecule has 0 bridgehead atoms. The van der Waals surface area contributed by atoms with Crippen LogP contribution < -0.4 is 14.2 Å². The first-order valence-electron chi connectivity index (χ1n) is 8.78. The van der Waals surface area contributed by atoms with Crippen LogP contribution in [0.5, 0.6) is 17.2 Å². The molecule has 4 aromatic rings. The van der Waals surface area contributed by atoms with Crippen molar-refractivity contribution in [3.63, 3.8) is 0 Å². The van der Waals surface area contributed by atoms with Gasteiger partial charge in [0.1, 0.15) is 10.8 Å². The third kappa shape index (κ3) is 3.50. The van der Waals surface area contributed by atoms with Crippen LogP contribution in [-0.4, -0.2) is 41.1 Å². The molecule has 0 atom stereocenters. The Hall–Kier alpha value is -3.13. The van der Waals surface area contributed by atoms with Gasteiger partial charge in [0.15, 0.2) is 17.3 Å². The van der Waals surface area contributed by atoms with E-state index < -0.39 is 0 Å². The lowest BCUT2D eigenvalue weighted by atomic mass is 10.1. The van der Waals surface area contributed by atoms with Crippen molar-refractivity contribution in [1.29, 1.82) is 0 Å². The third-order valence-corrected chi connectivity index (χ3v) is 5.43. The largest absolute Gasteiger partial charge is 0.497 e. The minimum absolute atomic E-state index is 0.722. The molecule has 0 radical (unpaired) electrons. The van der Waals surface area contributed by atoms with Crippen LogP contribution in [0.15, 0.2) is 42.5 Å². The molecule has 0 amide bonds. The molecule has 2 aromatic heterocycles.